The number of benzene rings is 1. The van der Waals surface area contributed by atoms with E-state index in [1.54, 1.807) is 4.31 Å². The Morgan fingerprint density at radius 1 is 1.17 bits per heavy atom. The molecule has 0 bridgehead atoms. The molecular weight excluding hydrogens is 324 g/mol. The Kier molecular flexibility index (Phi) is 7.07. The van der Waals surface area contributed by atoms with Crippen LogP contribution in [0.25, 0.3) is 0 Å². The molecule has 6 heteroatoms. The Morgan fingerprint density at radius 3 is 2.38 bits per heavy atom. The molecule has 0 unspecified atom stereocenters. The fraction of sp³-hybridized carbons (Fsp3) is 0.667. The topological polar surface area (TPSA) is 49.9 Å². The van der Waals surface area contributed by atoms with Crippen molar-refractivity contribution in [1.29, 1.82) is 0 Å². The lowest BCUT2D eigenvalue weighted by atomic mass is 9.94. The number of rotatable bonds is 8. The van der Waals surface area contributed by atoms with Gasteiger partial charge in [0.25, 0.3) is 0 Å². The summed E-state index contributed by atoms with van der Waals surface area (Å²) < 4.78 is 32.1. The predicted octanol–water partition coefficient (Wildman–Crippen LogP) is 2.37. The third-order valence-corrected chi connectivity index (χ3v) is 6.42. The summed E-state index contributed by atoms with van der Waals surface area (Å²) in [5.41, 5.74) is 1.16. The molecule has 1 saturated heterocycles. The van der Waals surface area contributed by atoms with Gasteiger partial charge in [0.1, 0.15) is 12.4 Å². The molecule has 1 fully saturated rings. The molecule has 0 saturated carbocycles. The fourth-order valence-corrected chi connectivity index (χ4v) is 4.26. The van der Waals surface area contributed by atoms with Crippen molar-refractivity contribution in [1.82, 2.24) is 9.21 Å². The van der Waals surface area contributed by atoms with Crippen LogP contribution in [0.5, 0.6) is 5.75 Å². The first-order chi connectivity index (χ1) is 11.4. The minimum atomic E-state index is -3.22. The molecule has 0 spiro atoms. The van der Waals surface area contributed by atoms with E-state index in [1.165, 1.54) is 0 Å². The summed E-state index contributed by atoms with van der Waals surface area (Å²) in [4.78, 5) is 2.19. The van der Waals surface area contributed by atoms with Crippen LogP contribution in [0.1, 0.15) is 24.8 Å². The summed E-state index contributed by atoms with van der Waals surface area (Å²) in [5.74, 6) is 1.41. The average molecular weight is 355 g/mol. The first-order valence-electron chi connectivity index (χ1n) is 8.69. The van der Waals surface area contributed by atoms with Crippen molar-refractivity contribution >= 4 is 10.0 Å². The monoisotopic (exact) mass is 354 g/mol. The number of hydrogen-bond donors (Lipinski definition) is 0. The molecule has 2 rings (SSSR count). The SMILES string of the molecule is Cc1ccc(OCCS(=O)(=O)N2CCC(CCN(C)C)CC2)cc1. The first-order valence-corrected chi connectivity index (χ1v) is 10.3. The molecule has 1 aromatic rings. The van der Waals surface area contributed by atoms with Gasteiger partial charge in [-0.2, -0.15) is 0 Å². The van der Waals surface area contributed by atoms with Gasteiger partial charge in [-0.15, -0.1) is 0 Å². The highest BCUT2D eigenvalue weighted by Crippen LogP contribution is 2.22. The number of nitrogens with zero attached hydrogens (tertiary/aromatic N) is 2. The van der Waals surface area contributed by atoms with E-state index < -0.39 is 10.0 Å². The van der Waals surface area contributed by atoms with Crippen molar-refractivity contribution < 1.29 is 13.2 Å². The summed E-state index contributed by atoms with van der Waals surface area (Å²) in [6, 6.07) is 7.67. The van der Waals surface area contributed by atoms with Gasteiger partial charge in [0.2, 0.25) is 10.0 Å². The molecule has 0 aromatic heterocycles. The Morgan fingerprint density at radius 2 is 1.79 bits per heavy atom. The number of hydrogen-bond acceptors (Lipinski definition) is 4. The lowest BCUT2D eigenvalue weighted by molar-refractivity contribution is 0.242. The van der Waals surface area contributed by atoms with Crippen LogP contribution in [-0.2, 0) is 10.0 Å². The van der Waals surface area contributed by atoms with Crippen molar-refractivity contribution in [3.63, 3.8) is 0 Å². The lowest BCUT2D eigenvalue weighted by Crippen LogP contribution is -2.41. The normalized spacial score (nSPS) is 17.3. The maximum Gasteiger partial charge on any atom is 0.217 e. The van der Waals surface area contributed by atoms with Gasteiger partial charge >= 0.3 is 0 Å². The average Bonchev–Trinajstić information content (AvgIpc) is 2.55. The van der Waals surface area contributed by atoms with Crippen LogP contribution in [0.15, 0.2) is 24.3 Å². The largest absolute Gasteiger partial charge is 0.492 e. The van der Waals surface area contributed by atoms with Crippen LogP contribution >= 0.6 is 0 Å². The molecule has 1 aliphatic rings. The van der Waals surface area contributed by atoms with Gasteiger partial charge in [0.15, 0.2) is 0 Å². The van der Waals surface area contributed by atoms with Crippen LogP contribution in [0.2, 0.25) is 0 Å². The van der Waals surface area contributed by atoms with E-state index in [0.29, 0.717) is 19.0 Å². The van der Waals surface area contributed by atoms with E-state index in [4.69, 9.17) is 4.74 Å². The molecule has 0 radical (unpaired) electrons. The Bertz CT molecular complexity index is 591. The molecule has 5 nitrogen and oxygen atoms in total. The van der Waals surface area contributed by atoms with Crippen molar-refractivity contribution in [2.24, 2.45) is 5.92 Å². The van der Waals surface area contributed by atoms with E-state index in [9.17, 15) is 8.42 Å². The van der Waals surface area contributed by atoms with Gasteiger partial charge < -0.3 is 9.64 Å². The van der Waals surface area contributed by atoms with Crippen molar-refractivity contribution in [2.45, 2.75) is 26.2 Å². The molecule has 24 heavy (non-hydrogen) atoms. The van der Waals surface area contributed by atoms with Crippen LogP contribution in [0, 0.1) is 12.8 Å². The van der Waals surface area contributed by atoms with Gasteiger partial charge in [0.05, 0.1) is 5.75 Å². The lowest BCUT2D eigenvalue weighted by Gasteiger charge is -2.31. The zero-order chi connectivity index (χ0) is 17.6. The van der Waals surface area contributed by atoms with Crippen LogP contribution in [-0.4, -0.2) is 63.7 Å². The highest BCUT2D eigenvalue weighted by atomic mass is 32.2. The number of aryl methyl sites for hydroxylation is 1. The summed E-state index contributed by atoms with van der Waals surface area (Å²) in [6.07, 6.45) is 3.08. The predicted molar refractivity (Wildman–Crippen MR) is 97.9 cm³/mol. The Balaban J connectivity index is 1.74. The second kappa shape index (κ2) is 8.83. The van der Waals surface area contributed by atoms with Gasteiger partial charge in [-0.3, -0.25) is 0 Å². The van der Waals surface area contributed by atoms with E-state index in [1.807, 2.05) is 31.2 Å². The standard InChI is InChI=1S/C18H30N2O3S/c1-16-4-6-18(7-5-16)23-14-15-24(21,22)20-12-9-17(10-13-20)8-11-19(2)3/h4-7,17H,8-15H2,1-3H3. The highest BCUT2D eigenvalue weighted by Gasteiger charge is 2.27. The molecule has 0 aliphatic carbocycles. The zero-order valence-electron chi connectivity index (χ0n) is 15.1. The highest BCUT2D eigenvalue weighted by molar-refractivity contribution is 7.89. The smallest absolute Gasteiger partial charge is 0.217 e. The van der Waals surface area contributed by atoms with Gasteiger partial charge in [-0.25, -0.2) is 12.7 Å². The van der Waals surface area contributed by atoms with Gasteiger partial charge in [0, 0.05) is 13.1 Å². The summed E-state index contributed by atoms with van der Waals surface area (Å²) in [7, 11) is 0.936. The maximum absolute atomic E-state index is 12.4. The Hall–Kier alpha value is -1.11. The van der Waals surface area contributed by atoms with E-state index in [-0.39, 0.29) is 12.4 Å². The van der Waals surface area contributed by atoms with E-state index >= 15 is 0 Å². The molecule has 1 heterocycles. The van der Waals surface area contributed by atoms with E-state index in [0.717, 1.165) is 37.1 Å². The fourth-order valence-electron chi connectivity index (χ4n) is 2.95. The number of piperidine rings is 1. The second-order valence-electron chi connectivity index (χ2n) is 6.91. The quantitative estimate of drug-likeness (QED) is 0.719. The van der Waals surface area contributed by atoms with Crippen LogP contribution in [0.4, 0.5) is 0 Å². The van der Waals surface area contributed by atoms with Crippen molar-refractivity contribution in [3.8, 4) is 5.75 Å². The molecule has 1 aliphatic heterocycles. The molecular formula is C18H30N2O3S. The van der Waals surface area contributed by atoms with Crippen molar-refractivity contribution in [3.05, 3.63) is 29.8 Å². The third-order valence-electron chi connectivity index (χ3n) is 4.58. The number of sulfonamides is 1. The van der Waals surface area contributed by atoms with E-state index in [2.05, 4.69) is 19.0 Å². The second-order valence-corrected chi connectivity index (χ2v) is 9.00. The van der Waals surface area contributed by atoms with Gasteiger partial charge in [-0.05, 0) is 64.9 Å². The van der Waals surface area contributed by atoms with Crippen LogP contribution < -0.4 is 4.74 Å². The third kappa shape index (κ3) is 6.07. The maximum atomic E-state index is 12.4. The van der Waals surface area contributed by atoms with Gasteiger partial charge in [-0.1, -0.05) is 17.7 Å². The first kappa shape index (κ1) is 19.2. The molecule has 0 atom stereocenters. The molecule has 0 amide bonds. The zero-order valence-corrected chi connectivity index (χ0v) is 15.9. The molecule has 136 valence electrons. The summed E-state index contributed by atoms with van der Waals surface area (Å²) >= 11 is 0. The van der Waals surface area contributed by atoms with Crippen molar-refractivity contribution in [2.75, 3.05) is 46.1 Å². The Labute approximate surface area is 146 Å². The number of ether oxygens (including phenoxy) is 1. The van der Waals surface area contributed by atoms with Crippen LogP contribution in [0.3, 0.4) is 0 Å². The molecule has 0 N–H and O–H groups in total. The minimum absolute atomic E-state index is 0.0449. The minimum Gasteiger partial charge on any atom is -0.492 e. The summed E-state index contributed by atoms with van der Waals surface area (Å²) in [5, 5.41) is 0. The molecule has 1 aromatic carbocycles. The summed E-state index contributed by atoms with van der Waals surface area (Å²) in [6.45, 7) is 4.57.